The average Bonchev–Trinajstić information content (AvgIpc) is 2.82. The van der Waals surface area contributed by atoms with Gasteiger partial charge in [0.15, 0.2) is 0 Å². The Labute approximate surface area is 93.5 Å². The Morgan fingerprint density at radius 2 is 2.06 bits per heavy atom. The molecule has 1 aliphatic carbocycles. The lowest BCUT2D eigenvalue weighted by Gasteiger charge is -2.05. The van der Waals surface area contributed by atoms with E-state index in [2.05, 4.69) is 27.8 Å². The standard InChI is InChI=1S/C11H13N5/c1-8-7-10(8)12-11-13-14-15-16(11)9-5-3-2-4-6-9/h2-6,8,10H,7H2,1H3,(H,12,13,15). The van der Waals surface area contributed by atoms with Crippen LogP contribution in [0.3, 0.4) is 0 Å². The number of benzene rings is 1. The van der Waals surface area contributed by atoms with E-state index >= 15 is 0 Å². The van der Waals surface area contributed by atoms with Crippen LogP contribution in [0.4, 0.5) is 5.95 Å². The molecular weight excluding hydrogens is 202 g/mol. The zero-order valence-electron chi connectivity index (χ0n) is 9.04. The van der Waals surface area contributed by atoms with Crippen LogP contribution in [-0.2, 0) is 0 Å². The number of tetrazole rings is 1. The van der Waals surface area contributed by atoms with Gasteiger partial charge in [-0.2, -0.15) is 4.68 Å². The molecule has 16 heavy (non-hydrogen) atoms. The number of nitrogens with zero attached hydrogens (tertiary/aromatic N) is 4. The van der Waals surface area contributed by atoms with Gasteiger partial charge in [-0.25, -0.2) is 0 Å². The molecule has 0 amide bonds. The van der Waals surface area contributed by atoms with Crippen LogP contribution in [-0.4, -0.2) is 26.2 Å². The third-order valence-corrected chi connectivity index (χ3v) is 2.89. The van der Waals surface area contributed by atoms with E-state index in [4.69, 9.17) is 0 Å². The second-order valence-corrected chi connectivity index (χ2v) is 4.21. The Bertz CT molecular complexity index is 478. The monoisotopic (exact) mass is 215 g/mol. The van der Waals surface area contributed by atoms with Crippen LogP contribution in [0.2, 0.25) is 0 Å². The van der Waals surface area contributed by atoms with Crippen molar-refractivity contribution in [2.24, 2.45) is 5.92 Å². The van der Waals surface area contributed by atoms with Crippen molar-refractivity contribution in [3.8, 4) is 5.69 Å². The molecule has 1 aromatic carbocycles. The van der Waals surface area contributed by atoms with E-state index in [-0.39, 0.29) is 0 Å². The molecule has 0 bridgehead atoms. The first-order valence-corrected chi connectivity index (χ1v) is 5.45. The van der Waals surface area contributed by atoms with Gasteiger partial charge in [-0.3, -0.25) is 0 Å². The van der Waals surface area contributed by atoms with Crippen LogP contribution < -0.4 is 5.32 Å². The molecule has 0 radical (unpaired) electrons. The predicted octanol–water partition coefficient (Wildman–Crippen LogP) is 1.48. The van der Waals surface area contributed by atoms with Crippen LogP contribution in [0.15, 0.2) is 30.3 Å². The SMILES string of the molecule is CC1CC1Nc1nnnn1-c1ccccc1. The smallest absolute Gasteiger partial charge is 0.247 e. The summed E-state index contributed by atoms with van der Waals surface area (Å²) in [5.74, 6) is 1.45. The number of hydrogen-bond acceptors (Lipinski definition) is 4. The van der Waals surface area contributed by atoms with Crippen LogP contribution in [0, 0.1) is 5.92 Å². The van der Waals surface area contributed by atoms with E-state index in [0.717, 1.165) is 17.6 Å². The van der Waals surface area contributed by atoms with Crippen molar-refractivity contribution in [3.63, 3.8) is 0 Å². The van der Waals surface area contributed by atoms with Crippen LogP contribution >= 0.6 is 0 Å². The highest BCUT2D eigenvalue weighted by atomic mass is 15.6. The lowest BCUT2D eigenvalue weighted by Crippen LogP contribution is -2.10. The Morgan fingerprint density at radius 1 is 1.31 bits per heavy atom. The first-order valence-electron chi connectivity index (χ1n) is 5.45. The lowest BCUT2D eigenvalue weighted by atomic mass is 10.3. The van der Waals surface area contributed by atoms with Crippen molar-refractivity contribution in [1.29, 1.82) is 0 Å². The molecule has 1 fully saturated rings. The number of aromatic nitrogens is 4. The molecule has 1 aromatic heterocycles. The topological polar surface area (TPSA) is 55.6 Å². The summed E-state index contributed by atoms with van der Waals surface area (Å²) in [4.78, 5) is 0. The molecule has 82 valence electrons. The van der Waals surface area contributed by atoms with Gasteiger partial charge in [0.1, 0.15) is 0 Å². The Morgan fingerprint density at radius 3 is 2.75 bits per heavy atom. The fraction of sp³-hybridized carbons (Fsp3) is 0.364. The van der Waals surface area contributed by atoms with Gasteiger partial charge in [0.05, 0.1) is 5.69 Å². The molecule has 5 heteroatoms. The average molecular weight is 215 g/mol. The van der Waals surface area contributed by atoms with Gasteiger partial charge in [0.25, 0.3) is 0 Å². The fourth-order valence-corrected chi connectivity index (χ4v) is 1.71. The molecule has 2 atom stereocenters. The Balaban J connectivity index is 1.87. The van der Waals surface area contributed by atoms with Crippen LogP contribution in [0.1, 0.15) is 13.3 Å². The molecule has 1 N–H and O–H groups in total. The first kappa shape index (κ1) is 9.33. The number of rotatable bonds is 3. The third-order valence-electron chi connectivity index (χ3n) is 2.89. The maximum Gasteiger partial charge on any atom is 0.247 e. The summed E-state index contributed by atoms with van der Waals surface area (Å²) in [5.41, 5.74) is 0.975. The second-order valence-electron chi connectivity index (χ2n) is 4.21. The normalized spacial score (nSPS) is 23.1. The zero-order valence-corrected chi connectivity index (χ0v) is 9.04. The molecule has 2 aromatic rings. The molecule has 1 heterocycles. The minimum absolute atomic E-state index is 0.522. The minimum atomic E-state index is 0.522. The Kier molecular flexibility index (Phi) is 2.09. The van der Waals surface area contributed by atoms with Crippen molar-refractivity contribution in [3.05, 3.63) is 30.3 Å². The third kappa shape index (κ3) is 1.64. The molecule has 1 saturated carbocycles. The highest BCUT2D eigenvalue weighted by Gasteiger charge is 2.33. The van der Waals surface area contributed by atoms with Gasteiger partial charge in [0.2, 0.25) is 5.95 Å². The highest BCUT2D eigenvalue weighted by Crippen LogP contribution is 2.32. The summed E-state index contributed by atoms with van der Waals surface area (Å²) in [6.07, 6.45) is 1.20. The van der Waals surface area contributed by atoms with E-state index in [1.165, 1.54) is 6.42 Å². The van der Waals surface area contributed by atoms with Crippen molar-refractivity contribution in [2.75, 3.05) is 5.32 Å². The summed E-state index contributed by atoms with van der Waals surface area (Å²) in [6.45, 7) is 2.22. The predicted molar refractivity (Wildman–Crippen MR) is 60.3 cm³/mol. The van der Waals surface area contributed by atoms with Gasteiger partial charge in [-0.15, -0.1) is 0 Å². The largest absolute Gasteiger partial charge is 0.350 e. The summed E-state index contributed by atoms with van der Waals surface area (Å²) in [7, 11) is 0. The summed E-state index contributed by atoms with van der Waals surface area (Å²) in [5, 5.41) is 15.0. The van der Waals surface area contributed by atoms with Gasteiger partial charge < -0.3 is 5.32 Å². The maximum absolute atomic E-state index is 4.00. The molecule has 0 saturated heterocycles. The zero-order chi connectivity index (χ0) is 11.0. The summed E-state index contributed by atoms with van der Waals surface area (Å²) >= 11 is 0. The number of para-hydroxylation sites is 1. The molecule has 2 unspecified atom stereocenters. The molecule has 5 nitrogen and oxygen atoms in total. The Hall–Kier alpha value is -1.91. The summed E-state index contributed by atoms with van der Waals surface area (Å²) < 4.78 is 1.73. The van der Waals surface area contributed by atoms with Crippen molar-refractivity contribution < 1.29 is 0 Å². The van der Waals surface area contributed by atoms with Crippen LogP contribution in [0.5, 0.6) is 0 Å². The molecular formula is C11H13N5. The fourth-order valence-electron chi connectivity index (χ4n) is 1.71. The van der Waals surface area contributed by atoms with Gasteiger partial charge >= 0.3 is 0 Å². The van der Waals surface area contributed by atoms with Crippen LogP contribution in [0.25, 0.3) is 5.69 Å². The second kappa shape index (κ2) is 3.59. The van der Waals surface area contributed by atoms with Crippen molar-refractivity contribution >= 4 is 5.95 Å². The van der Waals surface area contributed by atoms with Gasteiger partial charge in [0, 0.05) is 6.04 Å². The number of nitrogens with one attached hydrogen (secondary N) is 1. The molecule has 1 aliphatic rings. The molecule has 0 spiro atoms. The van der Waals surface area contributed by atoms with Gasteiger partial charge in [-0.05, 0) is 34.9 Å². The first-order chi connectivity index (χ1) is 7.84. The summed E-state index contributed by atoms with van der Waals surface area (Å²) in [6, 6.07) is 10.4. The van der Waals surface area contributed by atoms with Crippen molar-refractivity contribution in [2.45, 2.75) is 19.4 Å². The lowest BCUT2D eigenvalue weighted by molar-refractivity contribution is 0.787. The van der Waals surface area contributed by atoms with Gasteiger partial charge in [-0.1, -0.05) is 30.2 Å². The van der Waals surface area contributed by atoms with E-state index < -0.39 is 0 Å². The maximum atomic E-state index is 4.00. The molecule has 0 aliphatic heterocycles. The quantitative estimate of drug-likeness (QED) is 0.842. The molecule has 3 rings (SSSR count). The number of anilines is 1. The van der Waals surface area contributed by atoms with E-state index in [1.807, 2.05) is 30.3 Å². The van der Waals surface area contributed by atoms with Crippen molar-refractivity contribution in [1.82, 2.24) is 20.2 Å². The number of hydrogen-bond donors (Lipinski definition) is 1. The minimum Gasteiger partial charge on any atom is -0.350 e. The van der Waals surface area contributed by atoms with E-state index in [1.54, 1.807) is 4.68 Å². The highest BCUT2D eigenvalue weighted by molar-refractivity contribution is 5.39. The van der Waals surface area contributed by atoms with E-state index in [0.29, 0.717) is 6.04 Å². The van der Waals surface area contributed by atoms with E-state index in [9.17, 15) is 0 Å².